The molecule has 0 unspecified atom stereocenters. The lowest BCUT2D eigenvalue weighted by Gasteiger charge is -2.35. The van der Waals surface area contributed by atoms with Crippen LogP contribution in [0.25, 0.3) is 17.1 Å². The van der Waals surface area contributed by atoms with Gasteiger partial charge in [-0.15, -0.1) is 25.5 Å². The highest BCUT2D eigenvalue weighted by Gasteiger charge is 2.20. The van der Waals surface area contributed by atoms with Crippen LogP contribution in [0.4, 0.5) is 11.6 Å². The zero-order chi connectivity index (χ0) is 17.3. The Hall–Kier alpha value is -3.49. The Morgan fingerprint density at radius 3 is 2.35 bits per heavy atom. The highest BCUT2D eigenvalue weighted by molar-refractivity contribution is 5.54. The maximum atomic E-state index is 5.35. The normalized spacial score (nSPS) is 14.9. The van der Waals surface area contributed by atoms with E-state index in [9.17, 15) is 0 Å². The van der Waals surface area contributed by atoms with Gasteiger partial charge >= 0.3 is 0 Å². The second kappa shape index (κ2) is 6.10. The van der Waals surface area contributed by atoms with Gasteiger partial charge in [-0.2, -0.15) is 4.52 Å². The number of rotatable bonds is 3. The monoisotopic (exact) mass is 348 g/mol. The van der Waals surface area contributed by atoms with Crippen LogP contribution in [0, 0.1) is 0 Å². The third-order valence-electron chi connectivity index (χ3n) is 4.50. The zero-order valence-corrected chi connectivity index (χ0v) is 13.9. The van der Waals surface area contributed by atoms with Crippen molar-refractivity contribution < 1.29 is 4.42 Å². The van der Waals surface area contributed by atoms with E-state index in [4.69, 9.17) is 4.42 Å². The summed E-state index contributed by atoms with van der Waals surface area (Å²) in [6, 6.07) is 11.6. The fourth-order valence-electron chi connectivity index (χ4n) is 3.10. The van der Waals surface area contributed by atoms with Crippen molar-refractivity contribution in [3.63, 3.8) is 0 Å². The molecule has 0 atom stereocenters. The van der Waals surface area contributed by atoms with E-state index in [0.717, 1.165) is 54.9 Å². The molecule has 9 heteroatoms. The lowest BCUT2D eigenvalue weighted by Crippen LogP contribution is -2.47. The van der Waals surface area contributed by atoms with Crippen LogP contribution in [0.1, 0.15) is 0 Å². The largest absolute Gasteiger partial charge is 0.463 e. The predicted molar refractivity (Wildman–Crippen MR) is 94.9 cm³/mol. The average molecular weight is 348 g/mol. The summed E-state index contributed by atoms with van der Waals surface area (Å²) in [6.07, 6.45) is 3.25. The second-order valence-corrected chi connectivity index (χ2v) is 6.05. The Morgan fingerprint density at radius 2 is 1.62 bits per heavy atom. The molecule has 0 spiro atoms. The van der Waals surface area contributed by atoms with Crippen molar-refractivity contribution in [3.8, 4) is 11.5 Å². The van der Waals surface area contributed by atoms with Gasteiger partial charge in [0.2, 0.25) is 0 Å². The summed E-state index contributed by atoms with van der Waals surface area (Å²) in [7, 11) is 0. The molecule has 0 amide bonds. The summed E-state index contributed by atoms with van der Waals surface area (Å²) >= 11 is 0. The SMILES string of the molecule is c1coc(-c2ccc(N3CCN(c4ccc5nncn5n4)CC3)nn2)c1. The van der Waals surface area contributed by atoms with Gasteiger partial charge < -0.3 is 14.2 Å². The molecule has 4 aromatic heterocycles. The van der Waals surface area contributed by atoms with Gasteiger partial charge in [0.25, 0.3) is 0 Å². The minimum atomic E-state index is 0.726. The van der Waals surface area contributed by atoms with Crippen LogP contribution < -0.4 is 9.80 Å². The molecule has 130 valence electrons. The third-order valence-corrected chi connectivity index (χ3v) is 4.50. The first kappa shape index (κ1) is 14.8. The lowest BCUT2D eigenvalue weighted by atomic mass is 10.2. The molecule has 4 aromatic rings. The smallest absolute Gasteiger partial charge is 0.177 e. The molecule has 0 saturated carbocycles. The minimum absolute atomic E-state index is 0.726. The van der Waals surface area contributed by atoms with Crippen molar-refractivity contribution in [1.82, 2.24) is 30.0 Å². The summed E-state index contributed by atoms with van der Waals surface area (Å²) in [5, 5.41) is 21.0. The van der Waals surface area contributed by atoms with E-state index in [1.54, 1.807) is 17.1 Å². The standard InChI is InChI=1S/C17H16N8O/c1-2-14(26-11-1)13-3-4-15(21-19-13)23-7-9-24(10-8-23)17-6-5-16-20-18-12-25(16)22-17/h1-6,11-12H,7-10H2. The Bertz CT molecular complexity index is 1000. The Morgan fingerprint density at radius 1 is 0.808 bits per heavy atom. The summed E-state index contributed by atoms with van der Waals surface area (Å²) in [5.41, 5.74) is 1.49. The molecule has 0 bridgehead atoms. The number of anilines is 2. The number of fused-ring (bicyclic) bond motifs is 1. The zero-order valence-electron chi connectivity index (χ0n) is 13.9. The van der Waals surface area contributed by atoms with Crippen molar-refractivity contribution >= 4 is 17.3 Å². The number of aromatic nitrogens is 6. The van der Waals surface area contributed by atoms with Crippen molar-refractivity contribution in [2.45, 2.75) is 0 Å². The lowest BCUT2D eigenvalue weighted by molar-refractivity contribution is 0.578. The van der Waals surface area contributed by atoms with Crippen LogP contribution in [-0.4, -0.2) is 56.2 Å². The van der Waals surface area contributed by atoms with E-state index >= 15 is 0 Å². The van der Waals surface area contributed by atoms with E-state index in [1.807, 2.05) is 36.4 Å². The molecule has 0 aliphatic carbocycles. The summed E-state index contributed by atoms with van der Waals surface area (Å²) in [6.45, 7) is 3.44. The Kier molecular flexibility index (Phi) is 3.48. The molecule has 1 saturated heterocycles. The van der Waals surface area contributed by atoms with E-state index < -0.39 is 0 Å². The molecule has 1 aliphatic rings. The van der Waals surface area contributed by atoms with E-state index in [1.165, 1.54) is 0 Å². The number of piperazine rings is 1. The minimum Gasteiger partial charge on any atom is -0.463 e. The van der Waals surface area contributed by atoms with Crippen LogP contribution in [0.5, 0.6) is 0 Å². The van der Waals surface area contributed by atoms with Crippen LogP contribution in [0.15, 0.2) is 53.4 Å². The highest BCUT2D eigenvalue weighted by Crippen LogP contribution is 2.21. The van der Waals surface area contributed by atoms with Crippen molar-refractivity contribution in [2.24, 2.45) is 0 Å². The third kappa shape index (κ3) is 2.63. The number of hydrogen-bond donors (Lipinski definition) is 0. The van der Waals surface area contributed by atoms with Gasteiger partial charge in [-0.25, -0.2) is 0 Å². The molecule has 0 N–H and O–H groups in total. The number of nitrogens with zero attached hydrogens (tertiary/aromatic N) is 8. The molecule has 5 heterocycles. The van der Waals surface area contributed by atoms with Crippen LogP contribution in [0.2, 0.25) is 0 Å². The van der Waals surface area contributed by atoms with Crippen molar-refractivity contribution in [3.05, 3.63) is 49.0 Å². The fraction of sp³-hybridized carbons (Fsp3) is 0.235. The van der Waals surface area contributed by atoms with Gasteiger partial charge in [0.05, 0.1) is 6.26 Å². The maximum absolute atomic E-state index is 5.35. The number of hydrogen-bond acceptors (Lipinski definition) is 8. The van der Waals surface area contributed by atoms with Gasteiger partial charge in [0.15, 0.2) is 17.2 Å². The summed E-state index contributed by atoms with van der Waals surface area (Å²) < 4.78 is 7.05. The molecule has 9 nitrogen and oxygen atoms in total. The first-order valence-electron chi connectivity index (χ1n) is 8.41. The van der Waals surface area contributed by atoms with Crippen molar-refractivity contribution in [1.29, 1.82) is 0 Å². The molecule has 26 heavy (non-hydrogen) atoms. The van der Waals surface area contributed by atoms with Gasteiger partial charge in [0.1, 0.15) is 17.8 Å². The van der Waals surface area contributed by atoms with E-state index in [-0.39, 0.29) is 0 Å². The molecule has 1 fully saturated rings. The molecular weight excluding hydrogens is 332 g/mol. The average Bonchev–Trinajstić information content (AvgIpc) is 3.39. The predicted octanol–water partition coefficient (Wildman–Crippen LogP) is 1.50. The van der Waals surface area contributed by atoms with Gasteiger partial charge in [0, 0.05) is 26.2 Å². The Balaban J connectivity index is 1.27. The summed E-state index contributed by atoms with van der Waals surface area (Å²) in [5.74, 6) is 2.53. The molecule has 0 radical (unpaired) electrons. The first-order valence-corrected chi connectivity index (χ1v) is 8.41. The first-order chi connectivity index (χ1) is 12.9. The maximum Gasteiger partial charge on any atom is 0.177 e. The molecule has 1 aliphatic heterocycles. The van der Waals surface area contributed by atoms with E-state index in [2.05, 4.69) is 35.3 Å². The molecule has 0 aromatic carbocycles. The van der Waals surface area contributed by atoms with E-state index in [0.29, 0.717) is 0 Å². The fourth-order valence-corrected chi connectivity index (χ4v) is 3.10. The van der Waals surface area contributed by atoms with Crippen molar-refractivity contribution in [2.75, 3.05) is 36.0 Å². The van der Waals surface area contributed by atoms with Gasteiger partial charge in [-0.3, -0.25) is 0 Å². The molecule has 5 rings (SSSR count). The Labute approximate surface area is 148 Å². The van der Waals surface area contributed by atoms with Crippen LogP contribution >= 0.6 is 0 Å². The van der Waals surface area contributed by atoms with Gasteiger partial charge in [-0.1, -0.05) is 0 Å². The second-order valence-electron chi connectivity index (χ2n) is 6.05. The van der Waals surface area contributed by atoms with Crippen LogP contribution in [-0.2, 0) is 0 Å². The summed E-state index contributed by atoms with van der Waals surface area (Å²) in [4.78, 5) is 4.48. The quantitative estimate of drug-likeness (QED) is 0.550. The molecular formula is C17H16N8O. The number of furan rings is 1. The topological polar surface area (TPSA) is 88.5 Å². The highest BCUT2D eigenvalue weighted by atomic mass is 16.3. The van der Waals surface area contributed by atoms with Gasteiger partial charge in [-0.05, 0) is 36.4 Å². The van der Waals surface area contributed by atoms with Crippen LogP contribution in [0.3, 0.4) is 0 Å².